The highest BCUT2D eigenvalue weighted by Gasteiger charge is 2.28. The van der Waals surface area contributed by atoms with Crippen LogP contribution in [-0.2, 0) is 14.6 Å². The molecule has 0 aromatic heterocycles. The molecule has 0 aliphatic heterocycles. The summed E-state index contributed by atoms with van der Waals surface area (Å²) in [5.41, 5.74) is 1.01. The molecule has 0 bridgehead atoms. The number of hydrogen-bond acceptors (Lipinski definition) is 5. The van der Waals surface area contributed by atoms with Gasteiger partial charge in [-0.1, -0.05) is 35.9 Å². The number of sulfone groups is 1. The van der Waals surface area contributed by atoms with E-state index in [0.717, 1.165) is 5.56 Å². The van der Waals surface area contributed by atoms with Crippen molar-refractivity contribution in [1.82, 2.24) is 4.90 Å². The predicted molar refractivity (Wildman–Crippen MR) is 120 cm³/mol. The number of rotatable bonds is 8. The van der Waals surface area contributed by atoms with E-state index >= 15 is 0 Å². The Hall–Kier alpha value is -2.86. The summed E-state index contributed by atoms with van der Waals surface area (Å²) in [6.45, 7) is 10.1. The number of carbonyl (C=O) groups excluding carboxylic acids is 1. The average Bonchev–Trinajstić information content (AvgIpc) is 2.69. The van der Waals surface area contributed by atoms with Crippen LogP contribution >= 0.6 is 0 Å². The van der Waals surface area contributed by atoms with Crippen LogP contribution in [0.15, 0.2) is 82.7 Å². The Morgan fingerprint density at radius 2 is 1.50 bits per heavy atom. The van der Waals surface area contributed by atoms with Crippen LogP contribution in [0.5, 0.6) is 5.75 Å². The van der Waals surface area contributed by atoms with E-state index in [1.807, 2.05) is 34.6 Å². The van der Waals surface area contributed by atoms with E-state index in [1.165, 1.54) is 18.2 Å². The molecule has 0 radical (unpaired) electrons. The summed E-state index contributed by atoms with van der Waals surface area (Å²) in [4.78, 5) is 14.5. The van der Waals surface area contributed by atoms with Crippen LogP contribution in [0, 0.1) is 6.92 Å². The fourth-order valence-corrected chi connectivity index (χ4v) is 4.22. The molecule has 2 aromatic rings. The molecule has 0 amide bonds. The molecule has 0 aliphatic carbocycles. The van der Waals surface area contributed by atoms with Crippen LogP contribution in [-0.4, -0.2) is 31.4 Å². The molecule has 0 fully saturated rings. The maximum absolute atomic E-state index is 13.1. The number of ether oxygens (including phenoxy) is 1. The van der Waals surface area contributed by atoms with Crippen molar-refractivity contribution in [1.29, 1.82) is 0 Å². The molecule has 0 unspecified atom stereocenters. The fraction of sp³-hybridized carbons (Fsp3) is 0.292. The highest BCUT2D eigenvalue weighted by atomic mass is 32.2. The van der Waals surface area contributed by atoms with Crippen LogP contribution < -0.4 is 4.74 Å². The van der Waals surface area contributed by atoms with E-state index in [9.17, 15) is 13.2 Å². The summed E-state index contributed by atoms with van der Waals surface area (Å²) in [5, 5.41) is 0. The lowest BCUT2D eigenvalue weighted by molar-refractivity contribution is -0.129. The van der Waals surface area contributed by atoms with E-state index in [0.29, 0.717) is 0 Å². The summed E-state index contributed by atoms with van der Waals surface area (Å²) in [6.07, 6.45) is 4.66. The first-order valence-corrected chi connectivity index (χ1v) is 11.4. The van der Waals surface area contributed by atoms with Crippen LogP contribution in [0.4, 0.5) is 0 Å². The number of hydrogen-bond donors (Lipinski definition) is 0. The first kappa shape index (κ1) is 23.4. The molecule has 2 rings (SSSR count). The summed E-state index contributed by atoms with van der Waals surface area (Å²) in [7, 11) is -4.05. The standard InChI is InChI=1S/C24H29NO4S/c1-18(2)25(19(3)4)17-9-12-23(30(27,28)22-10-7-6-8-11-22)24(26)29-21-15-13-20(5)14-16-21/h6-19H,1-5H3/b17-9+,23-12+. The van der Waals surface area contributed by atoms with Crippen molar-refractivity contribution in [3.8, 4) is 5.75 Å². The zero-order valence-electron chi connectivity index (χ0n) is 18.1. The second kappa shape index (κ2) is 10.3. The second-order valence-corrected chi connectivity index (χ2v) is 9.44. The Morgan fingerprint density at radius 1 is 0.933 bits per heavy atom. The topological polar surface area (TPSA) is 63.7 Å². The van der Waals surface area contributed by atoms with Crippen LogP contribution in [0.25, 0.3) is 0 Å². The molecular weight excluding hydrogens is 398 g/mol. The minimum atomic E-state index is -4.05. The number of carbonyl (C=O) groups is 1. The molecule has 0 saturated carbocycles. The number of benzene rings is 2. The lowest BCUT2D eigenvalue weighted by atomic mass is 10.2. The van der Waals surface area contributed by atoms with Crippen molar-refractivity contribution in [3.63, 3.8) is 0 Å². The smallest absolute Gasteiger partial charge is 0.355 e. The van der Waals surface area contributed by atoms with Gasteiger partial charge in [0.2, 0.25) is 9.84 Å². The molecule has 0 aliphatic rings. The monoisotopic (exact) mass is 427 g/mol. The number of aryl methyl sites for hydroxylation is 1. The van der Waals surface area contributed by atoms with Gasteiger partial charge in [-0.25, -0.2) is 13.2 Å². The zero-order chi connectivity index (χ0) is 22.3. The van der Waals surface area contributed by atoms with Gasteiger partial charge in [0.15, 0.2) is 4.91 Å². The van der Waals surface area contributed by atoms with Crippen LogP contribution in [0.3, 0.4) is 0 Å². The van der Waals surface area contributed by atoms with Gasteiger partial charge in [-0.15, -0.1) is 0 Å². The Labute approximate surface area is 179 Å². The first-order valence-electron chi connectivity index (χ1n) is 9.88. The van der Waals surface area contributed by atoms with Gasteiger partial charge >= 0.3 is 5.97 Å². The van der Waals surface area contributed by atoms with Gasteiger partial charge in [-0.05, 0) is 77.2 Å². The van der Waals surface area contributed by atoms with Gasteiger partial charge in [0, 0.05) is 12.1 Å². The van der Waals surface area contributed by atoms with E-state index in [4.69, 9.17) is 4.74 Å². The SMILES string of the molecule is Cc1ccc(OC(=O)/C(=C\C=C\N(C(C)C)C(C)C)S(=O)(=O)c2ccccc2)cc1. The van der Waals surface area contributed by atoms with Crippen LogP contribution in [0.2, 0.25) is 0 Å². The Bertz CT molecular complexity index is 997. The van der Waals surface area contributed by atoms with Gasteiger partial charge in [0.1, 0.15) is 5.75 Å². The second-order valence-electron chi connectivity index (χ2n) is 7.53. The van der Waals surface area contributed by atoms with Gasteiger partial charge in [0.05, 0.1) is 4.90 Å². The first-order chi connectivity index (χ1) is 14.1. The molecule has 0 spiro atoms. The third-order valence-electron chi connectivity index (χ3n) is 4.47. The molecule has 0 atom stereocenters. The Balaban J connectivity index is 2.44. The number of nitrogens with zero attached hydrogens (tertiary/aromatic N) is 1. The summed E-state index contributed by atoms with van der Waals surface area (Å²) < 4.78 is 31.6. The molecule has 0 heterocycles. The predicted octanol–water partition coefficient (Wildman–Crippen LogP) is 4.89. The van der Waals surface area contributed by atoms with Gasteiger partial charge in [0.25, 0.3) is 0 Å². The van der Waals surface area contributed by atoms with E-state index in [1.54, 1.807) is 54.7 Å². The van der Waals surface area contributed by atoms with Gasteiger partial charge in [-0.2, -0.15) is 0 Å². The molecule has 160 valence electrons. The lowest BCUT2D eigenvalue weighted by Crippen LogP contribution is -2.31. The summed E-state index contributed by atoms with van der Waals surface area (Å²) in [6, 6.07) is 15.2. The van der Waals surface area contributed by atoms with Gasteiger partial charge < -0.3 is 9.64 Å². The fourth-order valence-electron chi connectivity index (χ4n) is 2.93. The molecule has 0 saturated heterocycles. The highest BCUT2D eigenvalue weighted by molar-refractivity contribution is 7.96. The van der Waals surface area contributed by atoms with Crippen molar-refractivity contribution < 1.29 is 17.9 Å². The van der Waals surface area contributed by atoms with Crippen molar-refractivity contribution in [2.45, 2.75) is 51.6 Å². The third kappa shape index (κ3) is 6.07. The molecule has 6 heteroatoms. The van der Waals surface area contributed by atoms with E-state index < -0.39 is 20.7 Å². The third-order valence-corrected chi connectivity index (χ3v) is 6.25. The van der Waals surface area contributed by atoms with Crippen molar-refractivity contribution in [2.75, 3.05) is 0 Å². The average molecular weight is 428 g/mol. The largest absolute Gasteiger partial charge is 0.422 e. The molecule has 2 aromatic carbocycles. The minimum Gasteiger partial charge on any atom is -0.422 e. The Kier molecular flexibility index (Phi) is 8.00. The minimum absolute atomic E-state index is 0.0371. The number of esters is 1. The molecular formula is C24H29NO4S. The van der Waals surface area contributed by atoms with Gasteiger partial charge in [-0.3, -0.25) is 0 Å². The maximum Gasteiger partial charge on any atom is 0.355 e. The van der Waals surface area contributed by atoms with Crippen LogP contribution in [0.1, 0.15) is 33.3 Å². The lowest BCUT2D eigenvalue weighted by Gasteiger charge is -2.29. The van der Waals surface area contributed by atoms with Crippen molar-refractivity contribution in [3.05, 3.63) is 83.4 Å². The van der Waals surface area contributed by atoms with E-state index in [2.05, 4.69) is 4.90 Å². The quantitative estimate of drug-likeness (QED) is 0.260. The van der Waals surface area contributed by atoms with E-state index in [-0.39, 0.29) is 22.7 Å². The number of allylic oxidation sites excluding steroid dienone is 2. The normalized spacial score (nSPS) is 12.6. The molecule has 0 N–H and O–H groups in total. The van der Waals surface area contributed by atoms with Crippen molar-refractivity contribution >= 4 is 15.8 Å². The summed E-state index contributed by atoms with van der Waals surface area (Å²) >= 11 is 0. The maximum atomic E-state index is 13.1. The molecule has 5 nitrogen and oxygen atoms in total. The summed E-state index contributed by atoms with van der Waals surface area (Å²) in [5.74, 6) is -0.636. The highest BCUT2D eigenvalue weighted by Crippen LogP contribution is 2.22. The van der Waals surface area contributed by atoms with Crippen molar-refractivity contribution in [2.24, 2.45) is 0 Å². The zero-order valence-corrected chi connectivity index (χ0v) is 18.9. The Morgan fingerprint density at radius 3 is 2.03 bits per heavy atom. The molecule has 30 heavy (non-hydrogen) atoms.